The summed E-state index contributed by atoms with van der Waals surface area (Å²) in [5.41, 5.74) is 0.325. The monoisotopic (exact) mass is 166 g/mol. The van der Waals surface area contributed by atoms with Crippen LogP contribution in [0.15, 0.2) is 12.2 Å². The molecule has 0 spiro atoms. The van der Waals surface area contributed by atoms with Gasteiger partial charge in [-0.25, -0.2) is 0 Å². The summed E-state index contributed by atoms with van der Waals surface area (Å²) in [5, 5.41) is 9.16. The number of carbonyl (C=O) groups is 1. The number of aliphatic carboxylic acids is 1. The van der Waals surface area contributed by atoms with Gasteiger partial charge in [-0.15, -0.1) is 0 Å². The van der Waals surface area contributed by atoms with E-state index in [4.69, 9.17) is 5.11 Å². The van der Waals surface area contributed by atoms with E-state index >= 15 is 0 Å². The molecule has 2 rings (SSSR count). The molecule has 0 heterocycles. The summed E-state index contributed by atoms with van der Waals surface area (Å²) in [5.74, 6) is -0.324. The normalized spacial score (nSPS) is 42.5. The first kappa shape index (κ1) is 7.84. The Morgan fingerprint density at radius 3 is 2.50 bits per heavy atom. The number of carboxylic acid groups (broad SMARTS) is 1. The van der Waals surface area contributed by atoms with Crippen LogP contribution in [0, 0.1) is 16.7 Å². The van der Waals surface area contributed by atoms with E-state index in [9.17, 15) is 4.79 Å². The van der Waals surface area contributed by atoms with Crippen LogP contribution in [0.2, 0.25) is 0 Å². The number of hydrogen-bond donors (Lipinski definition) is 1. The molecule has 0 unspecified atom stereocenters. The number of carboxylic acids is 1. The smallest absolute Gasteiger partial charge is 0.314 e. The van der Waals surface area contributed by atoms with E-state index in [0.29, 0.717) is 5.92 Å². The lowest BCUT2D eigenvalue weighted by atomic mass is 9.88. The predicted octanol–water partition coefficient (Wildman–Crippen LogP) is 2.06. The Morgan fingerprint density at radius 1 is 1.67 bits per heavy atom. The van der Waals surface area contributed by atoms with E-state index in [1.165, 1.54) is 0 Å². The van der Waals surface area contributed by atoms with Crippen molar-refractivity contribution in [3.05, 3.63) is 12.2 Å². The third-order valence-corrected chi connectivity index (χ3v) is 3.96. The second-order valence-electron chi connectivity index (χ2n) is 4.53. The van der Waals surface area contributed by atoms with Gasteiger partial charge in [-0.3, -0.25) is 4.79 Å². The van der Waals surface area contributed by atoms with E-state index in [2.05, 4.69) is 6.58 Å². The summed E-state index contributed by atoms with van der Waals surface area (Å²) in [7, 11) is 0. The highest BCUT2D eigenvalue weighted by molar-refractivity contribution is 5.86. The molecule has 2 nitrogen and oxygen atoms in total. The Bertz CT molecular complexity index is 278. The van der Waals surface area contributed by atoms with Crippen LogP contribution in [0.4, 0.5) is 0 Å². The largest absolute Gasteiger partial charge is 0.481 e. The Hall–Kier alpha value is -0.790. The highest BCUT2D eigenvalue weighted by atomic mass is 16.4. The third kappa shape index (κ3) is 0.501. The summed E-state index contributed by atoms with van der Waals surface area (Å²) in [6.07, 6.45) is 1.92. The molecule has 0 amide bonds. The molecular weight excluding hydrogens is 152 g/mol. The van der Waals surface area contributed by atoms with Crippen molar-refractivity contribution in [1.29, 1.82) is 0 Å². The molecule has 1 N–H and O–H groups in total. The zero-order valence-electron chi connectivity index (χ0n) is 7.55. The van der Waals surface area contributed by atoms with E-state index in [0.717, 1.165) is 18.4 Å². The maximum absolute atomic E-state index is 11.1. The van der Waals surface area contributed by atoms with Crippen LogP contribution in [-0.2, 0) is 4.79 Å². The van der Waals surface area contributed by atoms with Gasteiger partial charge in [0.2, 0.25) is 0 Å². The quantitative estimate of drug-likeness (QED) is 0.605. The summed E-state index contributed by atoms with van der Waals surface area (Å²) >= 11 is 0. The molecule has 0 aromatic rings. The molecule has 0 saturated heterocycles. The summed E-state index contributed by atoms with van der Waals surface area (Å²) in [6.45, 7) is 7.96. The Kier molecular flexibility index (Phi) is 1.15. The van der Waals surface area contributed by atoms with Crippen molar-refractivity contribution in [2.24, 2.45) is 16.7 Å². The molecule has 2 saturated carbocycles. The maximum atomic E-state index is 11.1. The van der Waals surface area contributed by atoms with Crippen molar-refractivity contribution < 1.29 is 9.90 Å². The minimum absolute atomic E-state index is 0.0475. The summed E-state index contributed by atoms with van der Waals surface area (Å²) in [6, 6.07) is 0. The molecule has 2 aliphatic carbocycles. The molecule has 2 aliphatic rings. The molecule has 66 valence electrons. The second kappa shape index (κ2) is 1.76. The van der Waals surface area contributed by atoms with Crippen molar-refractivity contribution in [1.82, 2.24) is 0 Å². The van der Waals surface area contributed by atoms with Crippen LogP contribution in [0.3, 0.4) is 0 Å². The fourth-order valence-corrected chi connectivity index (χ4v) is 3.24. The van der Waals surface area contributed by atoms with Crippen LogP contribution in [0.1, 0.15) is 26.7 Å². The first-order chi connectivity index (χ1) is 5.45. The number of hydrogen-bond acceptors (Lipinski definition) is 1. The molecule has 2 heteroatoms. The van der Waals surface area contributed by atoms with Crippen molar-refractivity contribution in [3.8, 4) is 0 Å². The van der Waals surface area contributed by atoms with Gasteiger partial charge in [0.15, 0.2) is 0 Å². The molecule has 0 aliphatic heterocycles. The van der Waals surface area contributed by atoms with E-state index in [1.54, 1.807) is 0 Å². The molecule has 0 aromatic heterocycles. The van der Waals surface area contributed by atoms with Gasteiger partial charge in [-0.1, -0.05) is 26.0 Å². The van der Waals surface area contributed by atoms with Crippen molar-refractivity contribution >= 4 is 5.97 Å². The highest BCUT2D eigenvalue weighted by Gasteiger charge is 2.78. The number of rotatable bonds is 1. The van der Waals surface area contributed by atoms with Gasteiger partial charge >= 0.3 is 5.97 Å². The van der Waals surface area contributed by atoms with Gasteiger partial charge in [-0.05, 0) is 24.2 Å². The zero-order chi connectivity index (χ0) is 9.15. The maximum Gasteiger partial charge on any atom is 0.314 e. The van der Waals surface area contributed by atoms with E-state index in [-0.39, 0.29) is 5.41 Å². The lowest BCUT2D eigenvalue weighted by molar-refractivity contribution is -0.143. The molecule has 2 fully saturated rings. The minimum atomic E-state index is -0.667. The lowest BCUT2D eigenvalue weighted by Gasteiger charge is -2.16. The van der Waals surface area contributed by atoms with Crippen LogP contribution < -0.4 is 0 Å². The molecule has 2 atom stereocenters. The van der Waals surface area contributed by atoms with Gasteiger partial charge in [0.05, 0.1) is 5.41 Å². The first-order valence-corrected chi connectivity index (χ1v) is 4.37. The topological polar surface area (TPSA) is 37.3 Å². The van der Waals surface area contributed by atoms with Crippen molar-refractivity contribution in [2.45, 2.75) is 26.7 Å². The Balaban J connectivity index is 2.46. The van der Waals surface area contributed by atoms with Crippen LogP contribution in [0.5, 0.6) is 0 Å². The van der Waals surface area contributed by atoms with Crippen LogP contribution in [0.25, 0.3) is 0 Å². The first-order valence-electron chi connectivity index (χ1n) is 4.37. The van der Waals surface area contributed by atoms with Gasteiger partial charge in [0.1, 0.15) is 0 Å². The molecule has 0 radical (unpaired) electrons. The van der Waals surface area contributed by atoms with Crippen LogP contribution >= 0.6 is 0 Å². The SMILES string of the molecule is C=C1CC[C@@H]2C(C)(C)[C@]12C(=O)O. The molecule has 12 heavy (non-hydrogen) atoms. The van der Waals surface area contributed by atoms with Gasteiger partial charge in [0.25, 0.3) is 0 Å². The minimum Gasteiger partial charge on any atom is -0.481 e. The molecule has 0 bridgehead atoms. The summed E-state index contributed by atoms with van der Waals surface area (Å²) < 4.78 is 0. The fraction of sp³-hybridized carbons (Fsp3) is 0.700. The predicted molar refractivity (Wildman–Crippen MR) is 45.7 cm³/mol. The Labute approximate surface area is 72.3 Å². The standard InChI is InChI=1S/C10H14O2/c1-6-4-5-7-9(2,3)10(6,7)8(11)12/h7H,1,4-5H2,2-3H3,(H,11,12)/t7-,10-/m1/s1. The van der Waals surface area contributed by atoms with Crippen LogP contribution in [-0.4, -0.2) is 11.1 Å². The van der Waals surface area contributed by atoms with Gasteiger partial charge in [0, 0.05) is 0 Å². The van der Waals surface area contributed by atoms with E-state index in [1.807, 2.05) is 13.8 Å². The zero-order valence-corrected chi connectivity index (χ0v) is 7.55. The number of fused-ring (bicyclic) bond motifs is 1. The lowest BCUT2D eigenvalue weighted by Crippen LogP contribution is -2.21. The average Bonchev–Trinajstić information content (AvgIpc) is 2.31. The Morgan fingerprint density at radius 2 is 2.25 bits per heavy atom. The highest BCUT2D eigenvalue weighted by Crippen LogP contribution is 2.78. The van der Waals surface area contributed by atoms with Gasteiger partial charge in [-0.2, -0.15) is 0 Å². The second-order valence-corrected chi connectivity index (χ2v) is 4.53. The molecule has 0 aromatic carbocycles. The van der Waals surface area contributed by atoms with Crippen molar-refractivity contribution in [3.63, 3.8) is 0 Å². The van der Waals surface area contributed by atoms with Crippen molar-refractivity contribution in [2.75, 3.05) is 0 Å². The van der Waals surface area contributed by atoms with Gasteiger partial charge < -0.3 is 5.11 Å². The average molecular weight is 166 g/mol. The van der Waals surface area contributed by atoms with E-state index < -0.39 is 11.4 Å². The summed E-state index contributed by atoms with van der Waals surface area (Å²) in [4.78, 5) is 11.1. The third-order valence-electron chi connectivity index (χ3n) is 3.96. The fourth-order valence-electron chi connectivity index (χ4n) is 3.24. The molecular formula is C10H14O2.